The van der Waals surface area contributed by atoms with Crippen LogP contribution in [0.25, 0.3) is 0 Å². The van der Waals surface area contributed by atoms with Crippen molar-refractivity contribution in [1.29, 1.82) is 0 Å². The van der Waals surface area contributed by atoms with Gasteiger partial charge in [-0.25, -0.2) is 4.79 Å². The molecule has 0 spiro atoms. The summed E-state index contributed by atoms with van der Waals surface area (Å²) in [5.41, 5.74) is 2.00. The molecule has 0 saturated carbocycles. The minimum absolute atomic E-state index is 0.0248. The third-order valence-corrected chi connectivity index (χ3v) is 3.48. The van der Waals surface area contributed by atoms with Crippen LogP contribution in [0.2, 0.25) is 0 Å². The molecule has 1 rings (SSSR count). The first kappa shape index (κ1) is 15.7. The third-order valence-electron chi connectivity index (χ3n) is 3.48. The van der Waals surface area contributed by atoms with E-state index in [-0.39, 0.29) is 6.54 Å². The minimum Gasteiger partial charge on any atom is -0.480 e. The van der Waals surface area contributed by atoms with E-state index in [1.165, 1.54) is 0 Å². The van der Waals surface area contributed by atoms with Crippen LogP contribution in [0.5, 0.6) is 0 Å². The van der Waals surface area contributed by atoms with Crippen molar-refractivity contribution in [2.75, 3.05) is 6.54 Å². The Morgan fingerprint density at radius 3 is 2.32 bits per heavy atom. The number of alkyl halides is 3. The lowest BCUT2D eigenvalue weighted by Crippen LogP contribution is -2.66. The van der Waals surface area contributed by atoms with Crippen LogP contribution < -0.4 is 5.73 Å². The van der Waals surface area contributed by atoms with E-state index in [2.05, 4.69) is 0 Å². The van der Waals surface area contributed by atoms with Crippen LogP contribution in [0.1, 0.15) is 26.7 Å². The van der Waals surface area contributed by atoms with Crippen molar-refractivity contribution in [3.05, 3.63) is 0 Å². The topological polar surface area (TPSA) is 83.6 Å². The number of carboxylic acids is 1. The highest BCUT2D eigenvalue weighted by Gasteiger charge is 2.57. The number of nitrogens with two attached hydrogens (primary N) is 1. The van der Waals surface area contributed by atoms with Crippen molar-refractivity contribution in [2.24, 2.45) is 11.7 Å². The number of rotatable bonds is 2. The van der Waals surface area contributed by atoms with Crippen LogP contribution in [0.3, 0.4) is 0 Å². The second-order valence-electron chi connectivity index (χ2n) is 5.10. The van der Waals surface area contributed by atoms with Crippen LogP contribution in [-0.4, -0.2) is 46.2 Å². The Hall–Kier alpha value is -1.31. The molecule has 5 nitrogen and oxygen atoms in total. The van der Waals surface area contributed by atoms with E-state index in [1.54, 1.807) is 6.92 Å². The van der Waals surface area contributed by atoms with E-state index >= 15 is 0 Å². The Morgan fingerprint density at radius 2 is 1.89 bits per heavy atom. The number of carbonyl (C=O) groups excluding carboxylic acids is 1. The van der Waals surface area contributed by atoms with Gasteiger partial charge in [0.1, 0.15) is 6.04 Å². The number of halogens is 3. The molecule has 1 heterocycles. The molecule has 3 atom stereocenters. The summed E-state index contributed by atoms with van der Waals surface area (Å²) in [5, 5.41) is 9.08. The quantitative estimate of drug-likeness (QED) is 0.790. The van der Waals surface area contributed by atoms with Crippen molar-refractivity contribution >= 4 is 11.9 Å². The van der Waals surface area contributed by atoms with Crippen LogP contribution in [0.4, 0.5) is 13.2 Å². The van der Waals surface area contributed by atoms with E-state index in [9.17, 15) is 22.8 Å². The summed E-state index contributed by atoms with van der Waals surface area (Å²) in [6.07, 6.45) is -3.91. The summed E-state index contributed by atoms with van der Waals surface area (Å²) < 4.78 is 38.2. The molecule has 19 heavy (non-hydrogen) atoms. The molecule has 0 aromatic rings. The monoisotopic (exact) mass is 282 g/mol. The lowest BCUT2D eigenvalue weighted by Gasteiger charge is -2.41. The molecular weight excluding hydrogens is 265 g/mol. The van der Waals surface area contributed by atoms with E-state index in [4.69, 9.17) is 10.8 Å². The predicted octanol–water partition coefficient (Wildman–Crippen LogP) is 0.978. The first-order chi connectivity index (χ1) is 8.50. The fourth-order valence-corrected chi connectivity index (χ4v) is 2.21. The van der Waals surface area contributed by atoms with Gasteiger partial charge in [-0.2, -0.15) is 13.2 Å². The summed E-state index contributed by atoms with van der Waals surface area (Å²) >= 11 is 0. The number of hydrogen-bond acceptors (Lipinski definition) is 3. The number of carbonyl (C=O) groups is 2. The Labute approximate surface area is 108 Å². The van der Waals surface area contributed by atoms with E-state index < -0.39 is 35.6 Å². The first-order valence-corrected chi connectivity index (χ1v) is 5.89. The number of hydrogen-bond donors (Lipinski definition) is 2. The van der Waals surface area contributed by atoms with Gasteiger partial charge in [-0.3, -0.25) is 4.79 Å². The summed E-state index contributed by atoms with van der Waals surface area (Å²) in [6.45, 7) is 2.14. The van der Waals surface area contributed by atoms with Gasteiger partial charge in [0.05, 0.1) is 0 Å². The molecule has 110 valence electrons. The molecule has 1 aliphatic heterocycles. The summed E-state index contributed by atoms with van der Waals surface area (Å²) in [5.74, 6) is -3.10. The summed E-state index contributed by atoms with van der Waals surface area (Å²) in [7, 11) is 0. The summed E-state index contributed by atoms with van der Waals surface area (Å²) in [6, 6.07) is -1.26. The molecule has 0 radical (unpaired) electrons. The first-order valence-electron chi connectivity index (χ1n) is 5.89. The van der Waals surface area contributed by atoms with Crippen molar-refractivity contribution < 1.29 is 27.9 Å². The fourth-order valence-electron chi connectivity index (χ4n) is 2.21. The lowest BCUT2D eigenvalue weighted by atomic mass is 9.88. The number of piperidine rings is 1. The predicted molar refractivity (Wildman–Crippen MR) is 60.2 cm³/mol. The average molecular weight is 282 g/mol. The largest absolute Gasteiger partial charge is 0.480 e. The van der Waals surface area contributed by atoms with Gasteiger partial charge in [0.15, 0.2) is 5.54 Å². The van der Waals surface area contributed by atoms with Gasteiger partial charge in [-0.05, 0) is 25.7 Å². The highest BCUT2D eigenvalue weighted by molar-refractivity contribution is 5.90. The van der Waals surface area contributed by atoms with Crippen LogP contribution >= 0.6 is 0 Å². The Bertz CT molecular complexity index is 382. The molecule has 0 aromatic heterocycles. The molecule has 0 bridgehead atoms. The molecule has 3 N–H and O–H groups in total. The fraction of sp³-hybridized carbons (Fsp3) is 0.818. The number of likely N-dealkylation sites (tertiary alicyclic amines) is 1. The number of amides is 1. The molecule has 0 aliphatic carbocycles. The molecule has 1 amide bonds. The van der Waals surface area contributed by atoms with Gasteiger partial charge in [0, 0.05) is 6.54 Å². The Kier molecular flexibility index (Phi) is 4.14. The second kappa shape index (κ2) is 4.99. The maximum atomic E-state index is 12.7. The van der Waals surface area contributed by atoms with Gasteiger partial charge in [0.25, 0.3) is 5.91 Å². The van der Waals surface area contributed by atoms with E-state index in [0.717, 1.165) is 4.90 Å². The lowest BCUT2D eigenvalue weighted by molar-refractivity contribution is -0.198. The maximum absolute atomic E-state index is 12.7. The number of nitrogens with zero attached hydrogens (tertiary/aromatic N) is 1. The molecule has 1 fully saturated rings. The molecule has 8 heteroatoms. The number of carboxylic acid groups (broad SMARTS) is 1. The molecule has 1 aliphatic rings. The average Bonchev–Trinajstić information content (AvgIpc) is 2.25. The zero-order valence-electron chi connectivity index (χ0n) is 10.7. The van der Waals surface area contributed by atoms with Crippen LogP contribution in [0.15, 0.2) is 0 Å². The summed E-state index contributed by atoms with van der Waals surface area (Å²) in [4.78, 5) is 23.8. The SMILES string of the molecule is CC1CCCN(C(=O)C(C)(N)C(F)(F)F)C1C(=O)O. The third kappa shape index (κ3) is 2.83. The van der Waals surface area contributed by atoms with Gasteiger partial charge in [-0.1, -0.05) is 6.92 Å². The maximum Gasteiger partial charge on any atom is 0.415 e. The number of aliphatic carboxylic acids is 1. The van der Waals surface area contributed by atoms with Gasteiger partial charge in [-0.15, -0.1) is 0 Å². The minimum atomic E-state index is -4.92. The van der Waals surface area contributed by atoms with E-state index in [1.807, 2.05) is 0 Å². The molecular formula is C11H17F3N2O3. The van der Waals surface area contributed by atoms with Gasteiger partial charge in [0.2, 0.25) is 0 Å². The van der Waals surface area contributed by atoms with Crippen molar-refractivity contribution in [3.63, 3.8) is 0 Å². The van der Waals surface area contributed by atoms with Crippen molar-refractivity contribution in [1.82, 2.24) is 4.90 Å². The van der Waals surface area contributed by atoms with Gasteiger partial charge >= 0.3 is 12.1 Å². The van der Waals surface area contributed by atoms with E-state index in [0.29, 0.717) is 19.8 Å². The van der Waals surface area contributed by atoms with Crippen molar-refractivity contribution in [3.8, 4) is 0 Å². The molecule has 3 unspecified atom stereocenters. The Morgan fingerprint density at radius 1 is 1.37 bits per heavy atom. The normalized spacial score (nSPS) is 27.8. The van der Waals surface area contributed by atoms with Crippen molar-refractivity contribution in [2.45, 2.75) is 44.4 Å². The smallest absolute Gasteiger partial charge is 0.415 e. The molecule has 1 saturated heterocycles. The van der Waals surface area contributed by atoms with Crippen LogP contribution in [-0.2, 0) is 9.59 Å². The zero-order chi connectivity index (χ0) is 15.0. The second-order valence-corrected chi connectivity index (χ2v) is 5.10. The highest BCUT2D eigenvalue weighted by atomic mass is 19.4. The zero-order valence-corrected chi connectivity index (χ0v) is 10.7. The highest BCUT2D eigenvalue weighted by Crippen LogP contribution is 2.33. The van der Waals surface area contributed by atoms with Gasteiger partial charge < -0.3 is 15.7 Å². The standard InChI is InChI=1S/C11H17F3N2O3/c1-6-4-3-5-16(7(6)8(17)18)9(19)10(2,15)11(12,13)14/h6-7H,3-5,15H2,1-2H3,(H,17,18). The Balaban J connectivity index is 3.06. The van der Waals surface area contributed by atoms with Crippen LogP contribution in [0, 0.1) is 5.92 Å². The molecule has 0 aromatic carbocycles.